The van der Waals surface area contributed by atoms with E-state index in [0.29, 0.717) is 35.1 Å². The summed E-state index contributed by atoms with van der Waals surface area (Å²) in [4.78, 5) is 12.1. The molecule has 136 valence electrons. The summed E-state index contributed by atoms with van der Waals surface area (Å²) in [6.45, 7) is 0.987. The van der Waals surface area contributed by atoms with Crippen LogP contribution in [-0.2, 0) is 16.8 Å². The number of carbonyl (C=O) groups excluding carboxylic acids is 1. The highest BCUT2D eigenvalue weighted by Crippen LogP contribution is 2.20. The van der Waals surface area contributed by atoms with Gasteiger partial charge in [-0.15, -0.1) is 3.97 Å². The first kappa shape index (κ1) is 19.7. The molecule has 0 saturated carbocycles. The molecule has 1 aromatic heterocycles. The Morgan fingerprint density at radius 3 is 2.68 bits per heavy atom. The van der Waals surface area contributed by atoms with Crippen molar-refractivity contribution >= 4 is 39.3 Å². The molecule has 0 spiro atoms. The minimum absolute atomic E-state index is 0.278. The molecule has 0 atom stereocenters. The Kier molecular flexibility index (Phi) is 6.45. The third-order valence-corrected chi connectivity index (χ3v) is 5.67. The summed E-state index contributed by atoms with van der Waals surface area (Å²) < 4.78 is 28.0. The zero-order valence-electron chi connectivity index (χ0n) is 13.8. The van der Waals surface area contributed by atoms with Gasteiger partial charge in [-0.25, -0.2) is 4.57 Å². The zero-order valence-corrected chi connectivity index (χ0v) is 16.1. The number of nitrogens with one attached hydrogen (secondary N) is 1. The summed E-state index contributed by atoms with van der Waals surface area (Å²) in [5.41, 5.74) is 0.363. The van der Waals surface area contributed by atoms with Crippen molar-refractivity contribution in [3.8, 4) is 0 Å². The van der Waals surface area contributed by atoms with Crippen molar-refractivity contribution in [1.82, 2.24) is 13.6 Å². The molecule has 0 radical (unpaired) electrons. The lowest BCUT2D eigenvalue weighted by atomic mass is 10.2. The van der Waals surface area contributed by atoms with Crippen LogP contribution in [0.4, 0.5) is 0 Å². The molecular formula is C15H19Cl2N4O3S+. The molecule has 7 nitrogen and oxygen atoms in total. The quantitative estimate of drug-likeness (QED) is 0.560. The fourth-order valence-corrected chi connectivity index (χ4v) is 3.38. The van der Waals surface area contributed by atoms with Crippen LogP contribution in [0.2, 0.25) is 10.0 Å². The first-order chi connectivity index (χ1) is 11.7. The number of carbonyl (C=O) groups is 1. The fourth-order valence-electron chi connectivity index (χ4n) is 2.06. The molecular weight excluding hydrogens is 387 g/mol. The number of halogens is 2. The fraction of sp³-hybridized carbons (Fsp3) is 0.333. The van der Waals surface area contributed by atoms with Gasteiger partial charge in [0.05, 0.1) is 17.1 Å². The third kappa shape index (κ3) is 4.94. The van der Waals surface area contributed by atoms with E-state index in [1.807, 2.05) is 0 Å². The van der Waals surface area contributed by atoms with Crippen molar-refractivity contribution in [3.63, 3.8) is 0 Å². The molecule has 0 unspecified atom stereocenters. The van der Waals surface area contributed by atoms with Crippen molar-refractivity contribution in [1.29, 1.82) is 0 Å². The standard InChI is InChI=1S/C15H18Cl2N4O3S/c1-19(2)25(23,24)21-9-8-20(11-21)7-3-6-18-15(22)13-5-4-12(16)10-14(13)17/h4-5,8-11H,3,6-7H2,1-2H3/p+1. The van der Waals surface area contributed by atoms with Gasteiger partial charge in [-0.3, -0.25) is 4.79 Å². The first-order valence-electron chi connectivity index (χ1n) is 7.45. The predicted molar refractivity (Wildman–Crippen MR) is 96.0 cm³/mol. The van der Waals surface area contributed by atoms with E-state index in [0.717, 1.165) is 8.28 Å². The minimum atomic E-state index is -3.51. The van der Waals surface area contributed by atoms with Crippen LogP contribution in [0.5, 0.6) is 0 Å². The van der Waals surface area contributed by atoms with Gasteiger partial charge in [-0.1, -0.05) is 23.2 Å². The van der Waals surface area contributed by atoms with Crippen LogP contribution in [-0.4, -0.2) is 43.2 Å². The van der Waals surface area contributed by atoms with E-state index < -0.39 is 10.2 Å². The second-order valence-corrected chi connectivity index (χ2v) is 8.40. The molecule has 0 saturated heterocycles. The van der Waals surface area contributed by atoms with Gasteiger partial charge >= 0.3 is 10.2 Å². The molecule has 0 aliphatic rings. The smallest absolute Gasteiger partial charge is 0.352 e. The normalized spacial score (nSPS) is 11.7. The summed E-state index contributed by atoms with van der Waals surface area (Å²) in [6.07, 6.45) is 5.27. The average molecular weight is 406 g/mol. The molecule has 2 aromatic rings. The van der Waals surface area contributed by atoms with Gasteiger partial charge in [-0.2, -0.15) is 12.7 Å². The van der Waals surface area contributed by atoms with Crippen molar-refractivity contribution in [2.45, 2.75) is 13.0 Å². The van der Waals surface area contributed by atoms with E-state index in [1.165, 1.54) is 32.7 Å². The number of rotatable bonds is 7. The maximum Gasteiger partial charge on any atom is 0.379 e. The van der Waals surface area contributed by atoms with Gasteiger partial charge in [0.1, 0.15) is 12.4 Å². The molecule has 1 N–H and O–H groups in total. The van der Waals surface area contributed by atoms with Crippen LogP contribution in [0.1, 0.15) is 16.8 Å². The van der Waals surface area contributed by atoms with E-state index in [1.54, 1.807) is 22.9 Å². The maximum atomic E-state index is 12.1. The van der Waals surface area contributed by atoms with Crippen LogP contribution in [0.15, 0.2) is 36.9 Å². The zero-order chi connectivity index (χ0) is 18.6. The van der Waals surface area contributed by atoms with Crippen LogP contribution < -0.4 is 9.88 Å². The van der Waals surface area contributed by atoms with Gasteiger partial charge in [0.15, 0.2) is 0 Å². The monoisotopic (exact) mass is 405 g/mol. The van der Waals surface area contributed by atoms with E-state index in [2.05, 4.69) is 5.32 Å². The van der Waals surface area contributed by atoms with Crippen LogP contribution in [0.3, 0.4) is 0 Å². The van der Waals surface area contributed by atoms with Gasteiger partial charge in [0.25, 0.3) is 12.2 Å². The molecule has 0 aliphatic carbocycles. The summed E-state index contributed by atoms with van der Waals surface area (Å²) in [5.74, 6) is -0.278. The van der Waals surface area contributed by atoms with Crippen LogP contribution in [0, 0.1) is 0 Å². The molecule has 0 aliphatic heterocycles. The number of aromatic nitrogens is 2. The number of amides is 1. The number of aryl methyl sites for hydroxylation is 1. The Balaban J connectivity index is 1.86. The number of imidazole rings is 1. The SMILES string of the molecule is CN(C)S(=O)(=O)n1cc[n+](CCCNC(=O)c2ccc(Cl)cc2Cl)c1. The Bertz CT molecular complexity index is 865. The van der Waals surface area contributed by atoms with E-state index in [9.17, 15) is 13.2 Å². The summed E-state index contributed by atoms with van der Waals surface area (Å²) in [5, 5.41) is 3.54. The van der Waals surface area contributed by atoms with E-state index in [4.69, 9.17) is 23.2 Å². The highest BCUT2D eigenvalue weighted by molar-refractivity contribution is 7.87. The summed E-state index contributed by atoms with van der Waals surface area (Å²) >= 11 is 11.8. The molecule has 0 bridgehead atoms. The lowest BCUT2D eigenvalue weighted by molar-refractivity contribution is -0.696. The number of hydrogen-bond donors (Lipinski definition) is 1. The Labute approximate surface area is 157 Å². The van der Waals surface area contributed by atoms with Gasteiger partial charge in [-0.05, 0) is 18.2 Å². The van der Waals surface area contributed by atoms with Crippen LogP contribution >= 0.6 is 23.2 Å². The molecule has 1 aromatic carbocycles. The topological polar surface area (TPSA) is 75.3 Å². The Morgan fingerprint density at radius 2 is 2.04 bits per heavy atom. The minimum Gasteiger partial charge on any atom is -0.352 e. The van der Waals surface area contributed by atoms with Crippen molar-refractivity contribution in [2.75, 3.05) is 20.6 Å². The Hall–Kier alpha value is -1.61. The second-order valence-electron chi connectivity index (χ2n) is 5.51. The van der Waals surface area contributed by atoms with Crippen LogP contribution in [0.25, 0.3) is 0 Å². The average Bonchev–Trinajstić information content (AvgIpc) is 3.00. The number of benzene rings is 1. The van der Waals surface area contributed by atoms with E-state index in [-0.39, 0.29) is 5.91 Å². The second kappa shape index (κ2) is 8.18. The van der Waals surface area contributed by atoms with E-state index >= 15 is 0 Å². The molecule has 1 heterocycles. The van der Waals surface area contributed by atoms with Gasteiger partial charge in [0.2, 0.25) is 0 Å². The lowest BCUT2D eigenvalue weighted by Gasteiger charge is -2.07. The lowest BCUT2D eigenvalue weighted by Crippen LogP contribution is -2.35. The molecule has 0 fully saturated rings. The summed E-state index contributed by atoms with van der Waals surface area (Å²) in [7, 11) is -0.572. The van der Waals surface area contributed by atoms with Crippen molar-refractivity contribution < 1.29 is 17.8 Å². The van der Waals surface area contributed by atoms with Gasteiger partial charge in [0, 0.05) is 32.1 Å². The molecule has 10 heteroatoms. The Morgan fingerprint density at radius 1 is 1.32 bits per heavy atom. The first-order valence-corrected chi connectivity index (χ1v) is 9.60. The molecule has 2 rings (SSSR count). The van der Waals surface area contributed by atoms with Gasteiger partial charge < -0.3 is 5.32 Å². The molecule has 25 heavy (non-hydrogen) atoms. The summed E-state index contributed by atoms with van der Waals surface area (Å²) in [6, 6.07) is 4.69. The third-order valence-electron chi connectivity index (χ3n) is 3.45. The van der Waals surface area contributed by atoms with Crippen molar-refractivity contribution in [3.05, 3.63) is 52.5 Å². The molecule has 1 amide bonds. The number of hydrogen-bond acceptors (Lipinski definition) is 3. The number of nitrogens with zero attached hydrogens (tertiary/aromatic N) is 3. The predicted octanol–water partition coefficient (Wildman–Crippen LogP) is 1.56. The van der Waals surface area contributed by atoms with Crippen molar-refractivity contribution in [2.24, 2.45) is 0 Å². The highest BCUT2D eigenvalue weighted by atomic mass is 35.5. The largest absolute Gasteiger partial charge is 0.379 e. The highest BCUT2D eigenvalue weighted by Gasteiger charge is 2.22. The maximum absolute atomic E-state index is 12.1.